The molecule has 1 N–H and O–H groups in total. The highest BCUT2D eigenvalue weighted by atomic mass is 16.5. The molecule has 8 nitrogen and oxygen atoms in total. The van der Waals surface area contributed by atoms with Gasteiger partial charge in [-0.1, -0.05) is 29.4 Å². The Hall–Kier alpha value is -4.33. The van der Waals surface area contributed by atoms with Gasteiger partial charge < -0.3 is 23.8 Å². The fourth-order valence-electron chi connectivity index (χ4n) is 3.90. The van der Waals surface area contributed by atoms with Gasteiger partial charge in [0.2, 0.25) is 11.4 Å². The maximum Gasteiger partial charge on any atom is 0.348 e. The number of hydrogen-bond donors (Lipinski definition) is 1. The molecule has 0 aliphatic heterocycles. The Morgan fingerprint density at radius 2 is 1.63 bits per heavy atom. The van der Waals surface area contributed by atoms with E-state index in [1.165, 1.54) is 0 Å². The summed E-state index contributed by atoms with van der Waals surface area (Å²) in [4.78, 5) is 16.0. The van der Waals surface area contributed by atoms with Crippen molar-refractivity contribution in [2.75, 3.05) is 7.11 Å². The van der Waals surface area contributed by atoms with Crippen LogP contribution < -0.4 is 14.2 Å². The number of aliphatic carboxylic acids is 1. The summed E-state index contributed by atoms with van der Waals surface area (Å²) in [7, 11) is 1.61. The van der Waals surface area contributed by atoms with E-state index in [0.717, 1.165) is 28.9 Å². The van der Waals surface area contributed by atoms with Crippen LogP contribution >= 0.6 is 0 Å². The summed E-state index contributed by atoms with van der Waals surface area (Å²) in [5, 5.41) is 13.5. The first-order valence-corrected chi connectivity index (χ1v) is 11.3. The minimum absolute atomic E-state index is 0.146. The van der Waals surface area contributed by atoms with Crippen LogP contribution in [0.5, 0.6) is 17.2 Å². The average Bonchev–Trinajstić information content (AvgIpc) is 3.34. The molecule has 3 aromatic carbocycles. The number of benzene rings is 3. The second-order valence-corrected chi connectivity index (χ2v) is 8.34. The maximum atomic E-state index is 11.6. The average molecular weight is 472 g/mol. The summed E-state index contributed by atoms with van der Waals surface area (Å²) in [5.74, 6) is 1.84. The first kappa shape index (κ1) is 22.5. The standard InChI is InChI=1S/C27H24N2O6/c1-32-21-11-9-18(10-12-21)25-28-24(29-35-25)17-33-22-7-2-5-19(15-22)20-6-3-8-23(16-20)34-27(26(30)31)13-4-14-27/h2-3,5-12,15-16H,4,13-14,17H2,1H3,(H,30,31). The molecule has 0 bridgehead atoms. The van der Waals surface area contributed by atoms with Crippen LogP contribution in [0.4, 0.5) is 0 Å². The number of ether oxygens (including phenoxy) is 3. The van der Waals surface area contributed by atoms with Crippen LogP contribution in [0.15, 0.2) is 77.3 Å². The molecule has 1 aliphatic rings. The fraction of sp³-hybridized carbons (Fsp3) is 0.222. The highest BCUT2D eigenvalue weighted by molar-refractivity contribution is 5.79. The van der Waals surface area contributed by atoms with Gasteiger partial charge in [0.15, 0.2) is 6.61 Å². The van der Waals surface area contributed by atoms with Gasteiger partial charge in [0, 0.05) is 5.56 Å². The lowest BCUT2D eigenvalue weighted by Gasteiger charge is -2.37. The van der Waals surface area contributed by atoms with Gasteiger partial charge in [-0.2, -0.15) is 4.98 Å². The van der Waals surface area contributed by atoms with E-state index in [9.17, 15) is 9.90 Å². The van der Waals surface area contributed by atoms with Crippen molar-refractivity contribution in [1.82, 2.24) is 10.1 Å². The van der Waals surface area contributed by atoms with Crippen LogP contribution in [0.2, 0.25) is 0 Å². The van der Waals surface area contributed by atoms with Gasteiger partial charge >= 0.3 is 5.97 Å². The molecule has 0 atom stereocenters. The molecule has 0 unspecified atom stereocenters. The molecule has 0 radical (unpaired) electrons. The Morgan fingerprint density at radius 3 is 2.26 bits per heavy atom. The molecule has 8 heteroatoms. The second kappa shape index (κ2) is 9.50. The van der Waals surface area contributed by atoms with E-state index in [1.54, 1.807) is 13.2 Å². The highest BCUT2D eigenvalue weighted by Gasteiger charge is 2.47. The van der Waals surface area contributed by atoms with Gasteiger partial charge in [-0.05, 0) is 78.9 Å². The monoisotopic (exact) mass is 472 g/mol. The van der Waals surface area contributed by atoms with Gasteiger partial charge in [0.05, 0.1) is 7.11 Å². The van der Waals surface area contributed by atoms with Crippen molar-refractivity contribution in [2.45, 2.75) is 31.5 Å². The lowest BCUT2D eigenvalue weighted by molar-refractivity contribution is -0.163. The third-order valence-corrected chi connectivity index (χ3v) is 6.04. The Kier molecular flexibility index (Phi) is 6.10. The SMILES string of the molecule is COc1ccc(-c2nc(COc3cccc(-c4cccc(OC5(C(=O)O)CCC5)c4)c3)no2)cc1. The Balaban J connectivity index is 1.26. The first-order valence-electron chi connectivity index (χ1n) is 11.3. The Bertz CT molecular complexity index is 1330. The van der Waals surface area contributed by atoms with Crippen LogP contribution in [0.3, 0.4) is 0 Å². The number of aromatic nitrogens is 2. The van der Waals surface area contributed by atoms with Crippen LogP contribution in [0.1, 0.15) is 25.1 Å². The van der Waals surface area contributed by atoms with Gasteiger partial charge in [0.25, 0.3) is 5.89 Å². The summed E-state index contributed by atoms with van der Waals surface area (Å²) < 4.78 is 22.3. The van der Waals surface area contributed by atoms with Crippen molar-refractivity contribution in [1.29, 1.82) is 0 Å². The predicted molar refractivity (Wildman–Crippen MR) is 127 cm³/mol. The quantitative estimate of drug-likeness (QED) is 0.346. The number of carboxylic acids is 1. The highest BCUT2D eigenvalue weighted by Crippen LogP contribution is 2.38. The summed E-state index contributed by atoms with van der Waals surface area (Å²) in [6.45, 7) is 0.146. The van der Waals surface area contributed by atoms with Crippen LogP contribution in [0.25, 0.3) is 22.6 Å². The molecule has 0 saturated heterocycles. The normalized spacial score (nSPS) is 14.1. The van der Waals surface area contributed by atoms with E-state index < -0.39 is 11.6 Å². The van der Waals surface area contributed by atoms with Gasteiger partial charge in [-0.3, -0.25) is 0 Å². The summed E-state index contributed by atoms with van der Waals surface area (Å²) in [6, 6.07) is 22.4. The Labute approximate surface area is 202 Å². The Morgan fingerprint density at radius 1 is 0.943 bits per heavy atom. The first-order chi connectivity index (χ1) is 17.0. The van der Waals surface area contributed by atoms with E-state index >= 15 is 0 Å². The molecule has 1 aromatic heterocycles. The molecule has 5 rings (SSSR count). The molecule has 4 aromatic rings. The molecule has 0 spiro atoms. The third-order valence-electron chi connectivity index (χ3n) is 6.04. The number of methoxy groups -OCH3 is 1. The molecule has 1 fully saturated rings. The molecule has 0 amide bonds. The molecule has 1 heterocycles. The molecule has 1 aliphatic carbocycles. The molecule has 178 valence electrons. The third kappa shape index (κ3) is 4.82. The van der Waals surface area contributed by atoms with E-state index in [0.29, 0.717) is 36.1 Å². The maximum absolute atomic E-state index is 11.6. The number of carboxylic acid groups (broad SMARTS) is 1. The number of hydrogen-bond acceptors (Lipinski definition) is 7. The van der Waals surface area contributed by atoms with Crippen molar-refractivity contribution in [3.63, 3.8) is 0 Å². The molecular formula is C27H24N2O6. The predicted octanol–water partition coefficient (Wildman–Crippen LogP) is 5.38. The minimum Gasteiger partial charge on any atom is -0.497 e. The van der Waals surface area contributed by atoms with Crippen molar-refractivity contribution in [3.8, 4) is 39.8 Å². The molecule has 1 saturated carbocycles. The van der Waals surface area contributed by atoms with Gasteiger partial charge in [-0.15, -0.1) is 0 Å². The minimum atomic E-state index is -1.11. The number of carbonyl (C=O) groups is 1. The smallest absolute Gasteiger partial charge is 0.348 e. The van der Waals surface area contributed by atoms with Crippen molar-refractivity contribution in [2.24, 2.45) is 0 Å². The number of nitrogens with zero attached hydrogens (tertiary/aromatic N) is 2. The lowest BCUT2D eigenvalue weighted by atomic mass is 9.80. The zero-order valence-electron chi connectivity index (χ0n) is 19.1. The van der Waals surface area contributed by atoms with E-state index in [2.05, 4.69) is 10.1 Å². The largest absolute Gasteiger partial charge is 0.497 e. The van der Waals surface area contributed by atoms with Gasteiger partial charge in [-0.25, -0.2) is 4.79 Å². The van der Waals surface area contributed by atoms with Crippen LogP contribution in [-0.4, -0.2) is 33.9 Å². The van der Waals surface area contributed by atoms with Crippen LogP contribution in [-0.2, 0) is 11.4 Å². The van der Waals surface area contributed by atoms with Gasteiger partial charge in [0.1, 0.15) is 17.2 Å². The second-order valence-electron chi connectivity index (χ2n) is 8.34. The summed E-state index contributed by atoms with van der Waals surface area (Å²) in [5.41, 5.74) is 1.49. The number of rotatable bonds is 9. The zero-order valence-corrected chi connectivity index (χ0v) is 19.1. The van der Waals surface area contributed by atoms with Crippen LogP contribution in [0, 0.1) is 0 Å². The van der Waals surface area contributed by atoms with Crippen molar-refractivity contribution < 1.29 is 28.6 Å². The zero-order chi connectivity index (χ0) is 24.3. The summed E-state index contributed by atoms with van der Waals surface area (Å²) in [6.07, 6.45) is 1.89. The van der Waals surface area contributed by atoms with E-state index in [-0.39, 0.29) is 6.61 Å². The van der Waals surface area contributed by atoms with Crippen molar-refractivity contribution in [3.05, 3.63) is 78.6 Å². The molecular weight excluding hydrogens is 448 g/mol. The lowest BCUT2D eigenvalue weighted by Crippen LogP contribution is -2.50. The van der Waals surface area contributed by atoms with E-state index in [4.69, 9.17) is 18.7 Å². The topological polar surface area (TPSA) is 104 Å². The van der Waals surface area contributed by atoms with E-state index in [1.807, 2.05) is 66.7 Å². The summed E-state index contributed by atoms with van der Waals surface area (Å²) >= 11 is 0. The van der Waals surface area contributed by atoms with Crippen molar-refractivity contribution >= 4 is 5.97 Å². The fourth-order valence-corrected chi connectivity index (χ4v) is 3.90. The molecule has 35 heavy (non-hydrogen) atoms.